The maximum atomic E-state index is 8.88. The molecule has 1 atom stereocenters. The minimum Gasteiger partial charge on any atom is -0.487 e. The third-order valence-corrected chi connectivity index (χ3v) is 2.64. The third kappa shape index (κ3) is 1.43. The van der Waals surface area contributed by atoms with Crippen molar-refractivity contribution in [1.29, 1.82) is 0 Å². The van der Waals surface area contributed by atoms with E-state index in [-0.39, 0.29) is 12.7 Å². The van der Waals surface area contributed by atoms with Gasteiger partial charge in [-0.2, -0.15) is 0 Å². The summed E-state index contributed by atoms with van der Waals surface area (Å²) in [4.78, 5) is 0. The number of hydrogen-bond donors (Lipinski definition) is 1. The molecule has 0 aromatic heterocycles. The normalized spacial score (nSPS) is 20.3. The zero-order valence-electron chi connectivity index (χ0n) is 6.46. The number of aliphatic hydroxyl groups is 1. The molecule has 1 unspecified atom stereocenters. The minimum atomic E-state index is -0.0294. The van der Waals surface area contributed by atoms with E-state index in [2.05, 4.69) is 28.7 Å². The smallest absolute Gasteiger partial charge is 0.126 e. The fourth-order valence-corrected chi connectivity index (χ4v) is 1.95. The van der Waals surface area contributed by atoms with Crippen LogP contribution in [-0.2, 0) is 6.42 Å². The second kappa shape index (κ2) is 3.22. The van der Waals surface area contributed by atoms with E-state index >= 15 is 0 Å². The molecule has 0 aliphatic carbocycles. The SMILES string of the molecule is OCC1Cc2cc(I)ccc2O1. The van der Waals surface area contributed by atoms with E-state index < -0.39 is 0 Å². The molecule has 1 aliphatic rings. The van der Waals surface area contributed by atoms with E-state index in [0.717, 1.165) is 12.2 Å². The van der Waals surface area contributed by atoms with Gasteiger partial charge in [0.05, 0.1) is 6.61 Å². The molecule has 2 nitrogen and oxygen atoms in total. The van der Waals surface area contributed by atoms with Crippen molar-refractivity contribution >= 4 is 22.6 Å². The topological polar surface area (TPSA) is 29.5 Å². The van der Waals surface area contributed by atoms with Crippen LogP contribution in [0.5, 0.6) is 5.75 Å². The number of ether oxygens (including phenoxy) is 1. The number of aliphatic hydroxyl groups excluding tert-OH is 1. The van der Waals surface area contributed by atoms with Crippen molar-refractivity contribution in [2.75, 3.05) is 6.61 Å². The van der Waals surface area contributed by atoms with Crippen molar-refractivity contribution in [2.45, 2.75) is 12.5 Å². The maximum absolute atomic E-state index is 8.88. The second-order valence-corrected chi connectivity index (χ2v) is 4.12. The van der Waals surface area contributed by atoms with Crippen molar-refractivity contribution in [3.63, 3.8) is 0 Å². The molecule has 0 fully saturated rings. The van der Waals surface area contributed by atoms with Crippen molar-refractivity contribution in [2.24, 2.45) is 0 Å². The molecule has 1 aromatic carbocycles. The highest BCUT2D eigenvalue weighted by molar-refractivity contribution is 14.1. The zero-order chi connectivity index (χ0) is 8.55. The fraction of sp³-hybridized carbons (Fsp3) is 0.333. The molecular weight excluding hydrogens is 267 g/mol. The maximum Gasteiger partial charge on any atom is 0.126 e. The largest absolute Gasteiger partial charge is 0.487 e. The summed E-state index contributed by atoms with van der Waals surface area (Å²) in [7, 11) is 0. The summed E-state index contributed by atoms with van der Waals surface area (Å²) in [6.45, 7) is 0.102. The first kappa shape index (κ1) is 8.31. The Balaban J connectivity index is 2.30. The Bertz CT molecular complexity index is 299. The molecule has 64 valence electrons. The molecule has 0 radical (unpaired) electrons. The predicted octanol–water partition coefficient (Wildman–Crippen LogP) is 1.59. The van der Waals surface area contributed by atoms with Gasteiger partial charge in [0.15, 0.2) is 0 Å². The summed E-state index contributed by atoms with van der Waals surface area (Å²) in [5.74, 6) is 0.925. The van der Waals surface area contributed by atoms with E-state index in [1.807, 2.05) is 12.1 Å². The van der Waals surface area contributed by atoms with Crippen molar-refractivity contribution < 1.29 is 9.84 Å². The van der Waals surface area contributed by atoms with Crippen LogP contribution >= 0.6 is 22.6 Å². The molecule has 0 bridgehead atoms. The Labute approximate surface area is 84.7 Å². The van der Waals surface area contributed by atoms with Crippen molar-refractivity contribution in [3.05, 3.63) is 27.3 Å². The first-order valence-corrected chi connectivity index (χ1v) is 4.93. The van der Waals surface area contributed by atoms with E-state index in [1.165, 1.54) is 9.13 Å². The van der Waals surface area contributed by atoms with Gasteiger partial charge in [-0.15, -0.1) is 0 Å². The monoisotopic (exact) mass is 276 g/mol. The Kier molecular flexibility index (Phi) is 2.23. The van der Waals surface area contributed by atoms with Crippen molar-refractivity contribution in [3.8, 4) is 5.75 Å². The van der Waals surface area contributed by atoms with E-state index in [9.17, 15) is 0 Å². The number of rotatable bonds is 1. The molecule has 1 aliphatic heterocycles. The molecule has 1 N–H and O–H groups in total. The molecule has 2 rings (SSSR count). The molecule has 0 amide bonds. The molecule has 3 heteroatoms. The zero-order valence-corrected chi connectivity index (χ0v) is 8.61. The highest BCUT2D eigenvalue weighted by atomic mass is 127. The van der Waals surface area contributed by atoms with Crippen LogP contribution < -0.4 is 4.74 Å². The number of benzene rings is 1. The molecule has 1 heterocycles. The highest BCUT2D eigenvalue weighted by Gasteiger charge is 2.21. The van der Waals surface area contributed by atoms with Gasteiger partial charge in [-0.3, -0.25) is 0 Å². The first-order chi connectivity index (χ1) is 5.79. The first-order valence-electron chi connectivity index (χ1n) is 3.85. The number of halogens is 1. The van der Waals surface area contributed by atoms with Crippen LogP contribution in [0.3, 0.4) is 0 Å². The quantitative estimate of drug-likeness (QED) is 0.789. The second-order valence-electron chi connectivity index (χ2n) is 2.88. The predicted molar refractivity (Wildman–Crippen MR) is 54.4 cm³/mol. The lowest BCUT2D eigenvalue weighted by Gasteiger charge is -2.04. The summed E-state index contributed by atoms with van der Waals surface area (Å²) in [5.41, 5.74) is 1.21. The molecule has 0 saturated heterocycles. The number of fused-ring (bicyclic) bond motifs is 1. The van der Waals surface area contributed by atoms with E-state index in [4.69, 9.17) is 9.84 Å². The Morgan fingerprint density at radius 1 is 1.58 bits per heavy atom. The van der Waals surface area contributed by atoms with Crippen LogP contribution in [-0.4, -0.2) is 17.8 Å². The van der Waals surface area contributed by atoms with Crippen LogP contribution in [0, 0.1) is 3.57 Å². The Morgan fingerprint density at radius 3 is 3.17 bits per heavy atom. The molecule has 12 heavy (non-hydrogen) atoms. The van der Waals surface area contributed by atoms with Gasteiger partial charge in [-0.05, 0) is 46.4 Å². The average molecular weight is 276 g/mol. The van der Waals surface area contributed by atoms with Crippen LogP contribution in [0.15, 0.2) is 18.2 Å². The molecular formula is C9H9IO2. The lowest BCUT2D eigenvalue weighted by atomic mass is 10.1. The van der Waals surface area contributed by atoms with Crippen LogP contribution in [0.2, 0.25) is 0 Å². The summed E-state index contributed by atoms with van der Waals surface area (Å²) in [6, 6.07) is 6.08. The van der Waals surface area contributed by atoms with Crippen molar-refractivity contribution in [1.82, 2.24) is 0 Å². The summed E-state index contributed by atoms with van der Waals surface area (Å²) in [5, 5.41) is 8.88. The minimum absolute atomic E-state index is 0.0294. The fourth-order valence-electron chi connectivity index (χ4n) is 1.39. The van der Waals surface area contributed by atoms with E-state index in [0.29, 0.717) is 0 Å². The van der Waals surface area contributed by atoms with Crippen LogP contribution in [0.1, 0.15) is 5.56 Å². The summed E-state index contributed by atoms with van der Waals surface area (Å²) >= 11 is 2.27. The van der Waals surface area contributed by atoms with Gasteiger partial charge in [0.1, 0.15) is 11.9 Å². The van der Waals surface area contributed by atoms with Crippen LogP contribution in [0.25, 0.3) is 0 Å². The third-order valence-electron chi connectivity index (χ3n) is 1.97. The van der Waals surface area contributed by atoms with Gasteiger partial charge in [0.25, 0.3) is 0 Å². The Hall–Kier alpha value is -0.290. The molecule has 1 aromatic rings. The standard InChI is InChI=1S/C9H9IO2/c10-7-1-2-9-6(3-7)4-8(5-11)12-9/h1-3,8,11H,4-5H2. The van der Waals surface area contributed by atoms with E-state index in [1.54, 1.807) is 0 Å². The lowest BCUT2D eigenvalue weighted by Crippen LogP contribution is -2.17. The highest BCUT2D eigenvalue weighted by Crippen LogP contribution is 2.29. The van der Waals surface area contributed by atoms with Gasteiger partial charge >= 0.3 is 0 Å². The van der Waals surface area contributed by atoms with Crippen LogP contribution in [0.4, 0.5) is 0 Å². The van der Waals surface area contributed by atoms with Gasteiger partial charge in [-0.1, -0.05) is 0 Å². The molecule has 0 spiro atoms. The van der Waals surface area contributed by atoms with Gasteiger partial charge < -0.3 is 9.84 Å². The van der Waals surface area contributed by atoms with Gasteiger partial charge in [0, 0.05) is 9.99 Å². The average Bonchev–Trinajstić information content (AvgIpc) is 2.46. The molecule has 0 saturated carbocycles. The lowest BCUT2D eigenvalue weighted by molar-refractivity contribution is 0.134. The number of hydrogen-bond acceptors (Lipinski definition) is 2. The summed E-state index contributed by atoms with van der Waals surface area (Å²) < 4.78 is 6.67. The summed E-state index contributed by atoms with van der Waals surface area (Å²) in [6.07, 6.45) is 0.807. The van der Waals surface area contributed by atoms with Gasteiger partial charge in [-0.25, -0.2) is 0 Å². The van der Waals surface area contributed by atoms with Gasteiger partial charge in [0.2, 0.25) is 0 Å². The Morgan fingerprint density at radius 2 is 2.42 bits per heavy atom.